The van der Waals surface area contributed by atoms with Gasteiger partial charge in [0, 0.05) is 26.1 Å². The lowest BCUT2D eigenvalue weighted by Gasteiger charge is -2.37. The van der Waals surface area contributed by atoms with Gasteiger partial charge in [0.2, 0.25) is 0 Å². The molecule has 0 fully saturated rings. The molecule has 1 N–H and O–H groups in total. The highest BCUT2D eigenvalue weighted by Crippen LogP contribution is 2.39. The molecule has 0 unspecified atom stereocenters. The van der Waals surface area contributed by atoms with E-state index in [0.29, 0.717) is 17.5 Å². The standard InChI is InChI=1S/C39H33BN3O2S/c1-38(2,44)39(3,4)45-40-31-24-23-29(34-33(31)30-17-11-12-18-32(30)46-34)25-19-21-28(22-20-25)37-42-35(26-13-7-5-8-14-26)41-36(43-37)27-15-9-6-10-16-27/h5-24,44H,1-4H3. The molecule has 0 bridgehead atoms. The zero-order valence-electron chi connectivity index (χ0n) is 26.2. The second kappa shape index (κ2) is 11.9. The van der Waals surface area contributed by atoms with Gasteiger partial charge in [-0.15, -0.1) is 11.3 Å². The Hall–Kier alpha value is -4.69. The SMILES string of the molecule is CC(C)(O)C(C)(C)O[B]c1ccc(-c2ccc(-c3nc(-c4ccccc4)nc(-c4ccccc4)n3)cc2)c2sc3ccccc3c12. The second-order valence-electron chi connectivity index (χ2n) is 12.4. The van der Waals surface area contributed by atoms with Crippen LogP contribution in [0.5, 0.6) is 0 Å². The topological polar surface area (TPSA) is 68.1 Å². The molecule has 0 atom stereocenters. The molecular weight excluding hydrogens is 585 g/mol. The van der Waals surface area contributed by atoms with Crippen LogP contribution >= 0.6 is 11.3 Å². The zero-order chi connectivity index (χ0) is 31.9. The van der Waals surface area contributed by atoms with Crippen LogP contribution in [0.1, 0.15) is 27.7 Å². The van der Waals surface area contributed by atoms with Gasteiger partial charge < -0.3 is 9.76 Å². The Morgan fingerprint density at radius 3 is 1.65 bits per heavy atom. The van der Waals surface area contributed by atoms with Crippen LogP contribution in [0.2, 0.25) is 0 Å². The molecule has 0 saturated carbocycles. The summed E-state index contributed by atoms with van der Waals surface area (Å²) in [4.78, 5) is 14.6. The molecule has 0 aliphatic rings. The van der Waals surface area contributed by atoms with Crippen molar-refractivity contribution in [1.29, 1.82) is 0 Å². The van der Waals surface area contributed by atoms with Crippen molar-refractivity contribution in [2.24, 2.45) is 0 Å². The Balaban J connectivity index is 1.29. The summed E-state index contributed by atoms with van der Waals surface area (Å²) in [7, 11) is 1.79. The third-order valence-corrected chi connectivity index (χ3v) is 9.87. The molecular formula is C39H33BN3O2S. The normalized spacial score (nSPS) is 12.1. The van der Waals surface area contributed by atoms with Crippen molar-refractivity contribution in [3.8, 4) is 45.3 Å². The van der Waals surface area contributed by atoms with Crippen molar-refractivity contribution in [1.82, 2.24) is 15.0 Å². The minimum atomic E-state index is -1.01. The van der Waals surface area contributed by atoms with Gasteiger partial charge in [-0.05, 0) is 61.1 Å². The maximum atomic E-state index is 10.7. The number of nitrogens with zero attached hydrogens (tertiary/aromatic N) is 3. The number of aromatic nitrogens is 3. The lowest BCUT2D eigenvalue weighted by Crippen LogP contribution is -2.49. The summed E-state index contributed by atoms with van der Waals surface area (Å²) in [5, 5.41) is 13.0. The van der Waals surface area contributed by atoms with Crippen LogP contribution in [-0.2, 0) is 4.65 Å². The number of fused-ring (bicyclic) bond motifs is 3. The first kappa shape index (κ1) is 30.0. The van der Waals surface area contributed by atoms with Crippen LogP contribution in [0.4, 0.5) is 0 Å². The van der Waals surface area contributed by atoms with Gasteiger partial charge in [0.05, 0.1) is 11.2 Å². The molecule has 0 amide bonds. The van der Waals surface area contributed by atoms with Crippen LogP contribution in [0, 0.1) is 0 Å². The second-order valence-corrected chi connectivity index (χ2v) is 13.5. The summed E-state index contributed by atoms with van der Waals surface area (Å²) in [5.74, 6) is 1.91. The van der Waals surface area contributed by atoms with Gasteiger partial charge >= 0.3 is 7.48 Å². The van der Waals surface area contributed by atoms with Gasteiger partial charge in [-0.25, -0.2) is 15.0 Å². The highest BCUT2D eigenvalue weighted by Gasteiger charge is 2.36. The quantitative estimate of drug-likeness (QED) is 0.173. The fourth-order valence-electron chi connectivity index (χ4n) is 5.27. The molecule has 5 nitrogen and oxygen atoms in total. The molecule has 2 heterocycles. The van der Waals surface area contributed by atoms with Gasteiger partial charge in [-0.1, -0.05) is 115 Å². The van der Waals surface area contributed by atoms with Gasteiger partial charge in [-0.2, -0.15) is 0 Å². The third kappa shape index (κ3) is 5.74. The van der Waals surface area contributed by atoms with E-state index in [9.17, 15) is 5.11 Å². The third-order valence-electron chi connectivity index (χ3n) is 8.67. The maximum absolute atomic E-state index is 10.7. The fraction of sp³-hybridized carbons (Fsp3) is 0.154. The van der Waals surface area contributed by atoms with Crippen molar-refractivity contribution in [3.63, 3.8) is 0 Å². The summed E-state index contributed by atoms with van der Waals surface area (Å²) in [5.41, 5.74) is 4.26. The minimum absolute atomic E-state index is 0.628. The van der Waals surface area contributed by atoms with E-state index in [4.69, 9.17) is 19.6 Å². The van der Waals surface area contributed by atoms with E-state index in [1.165, 1.54) is 14.8 Å². The molecule has 46 heavy (non-hydrogen) atoms. The summed E-state index contributed by atoms with van der Waals surface area (Å²) < 4.78 is 8.61. The number of benzene rings is 5. The van der Waals surface area contributed by atoms with Gasteiger partial charge in [0.1, 0.15) is 0 Å². The lowest BCUT2D eigenvalue weighted by atomic mass is 9.80. The highest BCUT2D eigenvalue weighted by atomic mass is 32.1. The Kier molecular flexibility index (Phi) is 7.77. The van der Waals surface area contributed by atoms with E-state index in [0.717, 1.165) is 38.7 Å². The smallest absolute Gasteiger partial charge is 0.331 e. The molecule has 2 aromatic heterocycles. The minimum Gasteiger partial charge on any atom is -0.427 e. The number of rotatable bonds is 8. The zero-order valence-corrected chi connectivity index (χ0v) is 27.0. The van der Waals surface area contributed by atoms with Gasteiger partial charge in [-0.3, -0.25) is 0 Å². The van der Waals surface area contributed by atoms with E-state index in [2.05, 4.69) is 60.7 Å². The van der Waals surface area contributed by atoms with Crippen molar-refractivity contribution in [3.05, 3.63) is 121 Å². The molecule has 5 aromatic carbocycles. The Labute approximate surface area is 273 Å². The number of thiophene rings is 1. The Morgan fingerprint density at radius 2 is 1.09 bits per heavy atom. The predicted octanol–water partition coefficient (Wildman–Crippen LogP) is 8.72. The van der Waals surface area contributed by atoms with Crippen LogP contribution < -0.4 is 5.46 Å². The fourth-order valence-corrected chi connectivity index (χ4v) is 6.54. The Bertz CT molecular complexity index is 2100. The van der Waals surface area contributed by atoms with Crippen molar-refractivity contribution in [2.75, 3.05) is 0 Å². The molecule has 0 spiro atoms. The van der Waals surface area contributed by atoms with E-state index in [-0.39, 0.29) is 0 Å². The van der Waals surface area contributed by atoms with Gasteiger partial charge in [0.25, 0.3) is 0 Å². The predicted molar refractivity (Wildman–Crippen MR) is 191 cm³/mol. The van der Waals surface area contributed by atoms with E-state index in [1.807, 2.05) is 74.5 Å². The first-order valence-corrected chi connectivity index (χ1v) is 16.1. The number of hydrogen-bond acceptors (Lipinski definition) is 6. The number of aliphatic hydroxyl groups is 1. The van der Waals surface area contributed by atoms with Crippen molar-refractivity contribution >= 4 is 44.5 Å². The van der Waals surface area contributed by atoms with Crippen molar-refractivity contribution < 1.29 is 9.76 Å². The van der Waals surface area contributed by atoms with Crippen LogP contribution in [-0.4, -0.2) is 38.7 Å². The molecule has 7 aromatic rings. The van der Waals surface area contributed by atoms with Crippen LogP contribution in [0.15, 0.2) is 121 Å². The van der Waals surface area contributed by atoms with E-state index < -0.39 is 11.2 Å². The van der Waals surface area contributed by atoms with Crippen molar-refractivity contribution in [2.45, 2.75) is 38.9 Å². The van der Waals surface area contributed by atoms with E-state index in [1.54, 1.807) is 32.7 Å². The lowest BCUT2D eigenvalue weighted by molar-refractivity contribution is -0.0893. The first-order valence-electron chi connectivity index (χ1n) is 15.3. The molecule has 1 radical (unpaired) electrons. The molecule has 7 rings (SSSR count). The number of hydrogen-bond donors (Lipinski definition) is 1. The summed E-state index contributed by atoms with van der Waals surface area (Å²) in [6.07, 6.45) is 0. The Morgan fingerprint density at radius 1 is 0.587 bits per heavy atom. The molecule has 0 aliphatic heterocycles. The van der Waals surface area contributed by atoms with Crippen LogP contribution in [0.3, 0.4) is 0 Å². The molecule has 225 valence electrons. The molecule has 0 saturated heterocycles. The first-order chi connectivity index (χ1) is 22.2. The summed E-state index contributed by atoms with van der Waals surface area (Å²) in [6, 6.07) is 41.2. The average molecular weight is 619 g/mol. The summed E-state index contributed by atoms with van der Waals surface area (Å²) in [6.45, 7) is 7.34. The van der Waals surface area contributed by atoms with Crippen LogP contribution in [0.25, 0.3) is 65.5 Å². The highest BCUT2D eigenvalue weighted by molar-refractivity contribution is 7.26. The van der Waals surface area contributed by atoms with E-state index >= 15 is 0 Å². The monoisotopic (exact) mass is 618 g/mol. The largest absolute Gasteiger partial charge is 0.427 e. The average Bonchev–Trinajstić information content (AvgIpc) is 3.47. The molecule has 0 aliphatic carbocycles. The maximum Gasteiger partial charge on any atom is 0.331 e. The summed E-state index contributed by atoms with van der Waals surface area (Å²) >= 11 is 1.78. The molecule has 7 heteroatoms. The van der Waals surface area contributed by atoms with Gasteiger partial charge in [0.15, 0.2) is 17.5 Å².